The van der Waals surface area contributed by atoms with Gasteiger partial charge < -0.3 is 29.8 Å². The Balaban J connectivity index is 1.46. The van der Waals surface area contributed by atoms with E-state index < -0.39 is 18.0 Å². The summed E-state index contributed by atoms with van der Waals surface area (Å²) >= 11 is 0. The molecule has 29 heavy (non-hydrogen) atoms. The summed E-state index contributed by atoms with van der Waals surface area (Å²) in [5.41, 5.74) is 2.41. The number of carbonyl (C=O) groups is 2. The molecule has 0 fully saturated rings. The number of esters is 1. The first kappa shape index (κ1) is 18.7. The van der Waals surface area contributed by atoms with E-state index in [-0.39, 0.29) is 0 Å². The number of amides is 2. The van der Waals surface area contributed by atoms with Gasteiger partial charge in [-0.3, -0.25) is 0 Å². The van der Waals surface area contributed by atoms with Crippen LogP contribution in [0.3, 0.4) is 0 Å². The van der Waals surface area contributed by atoms with Crippen LogP contribution in [-0.4, -0.2) is 43.3 Å². The lowest BCUT2D eigenvalue weighted by atomic mass is 10.1. The van der Waals surface area contributed by atoms with Crippen molar-refractivity contribution in [3.63, 3.8) is 0 Å². The normalized spacial score (nSPS) is 13.6. The van der Waals surface area contributed by atoms with E-state index in [4.69, 9.17) is 14.2 Å². The Hall–Kier alpha value is -3.68. The lowest BCUT2D eigenvalue weighted by Crippen LogP contribution is -2.45. The standard InChI is InChI=1S/C21H21N3O5/c1-27-20(25)17(10-13-12-22-16-5-3-2-4-15(13)16)24-21(26)23-14-6-7-18-19(11-14)29-9-8-28-18/h2-7,11-12,17,22H,8-10H2,1H3,(H2,23,24,26)/t17-/m0/s1. The Morgan fingerprint density at radius 3 is 2.76 bits per heavy atom. The number of ether oxygens (including phenoxy) is 3. The average Bonchev–Trinajstić information content (AvgIpc) is 3.15. The van der Waals surface area contributed by atoms with Crippen molar-refractivity contribution >= 4 is 28.6 Å². The smallest absolute Gasteiger partial charge is 0.328 e. The van der Waals surface area contributed by atoms with Crippen molar-refractivity contribution in [2.75, 3.05) is 25.6 Å². The number of nitrogens with one attached hydrogen (secondary N) is 3. The molecular formula is C21H21N3O5. The lowest BCUT2D eigenvalue weighted by Gasteiger charge is -2.20. The topological polar surface area (TPSA) is 102 Å². The second-order valence-corrected chi connectivity index (χ2v) is 6.60. The van der Waals surface area contributed by atoms with Crippen LogP contribution >= 0.6 is 0 Å². The summed E-state index contributed by atoms with van der Waals surface area (Å²) in [5, 5.41) is 6.40. The predicted molar refractivity (Wildman–Crippen MR) is 107 cm³/mol. The monoisotopic (exact) mass is 395 g/mol. The van der Waals surface area contributed by atoms with E-state index in [0.29, 0.717) is 36.8 Å². The molecular weight excluding hydrogens is 374 g/mol. The van der Waals surface area contributed by atoms with Crippen molar-refractivity contribution in [3.8, 4) is 11.5 Å². The third kappa shape index (κ3) is 4.11. The fourth-order valence-corrected chi connectivity index (χ4v) is 3.30. The summed E-state index contributed by atoms with van der Waals surface area (Å²) < 4.78 is 15.9. The molecule has 0 radical (unpaired) electrons. The first-order valence-electron chi connectivity index (χ1n) is 9.24. The van der Waals surface area contributed by atoms with Crippen molar-refractivity contribution in [1.29, 1.82) is 0 Å². The van der Waals surface area contributed by atoms with Crippen LogP contribution in [0.1, 0.15) is 5.56 Å². The molecule has 3 aromatic rings. The van der Waals surface area contributed by atoms with Crippen LogP contribution in [0.15, 0.2) is 48.7 Å². The molecule has 2 aromatic carbocycles. The van der Waals surface area contributed by atoms with Gasteiger partial charge in [-0.05, 0) is 23.8 Å². The van der Waals surface area contributed by atoms with E-state index >= 15 is 0 Å². The number of rotatable bonds is 5. The number of fused-ring (bicyclic) bond motifs is 2. The van der Waals surface area contributed by atoms with Gasteiger partial charge in [0.1, 0.15) is 19.3 Å². The summed E-state index contributed by atoms with van der Waals surface area (Å²) in [7, 11) is 1.30. The maximum atomic E-state index is 12.5. The highest BCUT2D eigenvalue weighted by molar-refractivity contribution is 5.93. The predicted octanol–water partition coefficient (Wildman–Crippen LogP) is 2.84. The van der Waals surface area contributed by atoms with Crippen LogP contribution in [0.2, 0.25) is 0 Å². The minimum Gasteiger partial charge on any atom is -0.486 e. The number of urea groups is 1. The molecule has 1 aliphatic rings. The van der Waals surface area contributed by atoms with E-state index in [1.54, 1.807) is 18.2 Å². The highest BCUT2D eigenvalue weighted by atomic mass is 16.6. The van der Waals surface area contributed by atoms with Gasteiger partial charge in [0.05, 0.1) is 7.11 Å². The molecule has 150 valence electrons. The van der Waals surface area contributed by atoms with Crippen LogP contribution in [-0.2, 0) is 16.0 Å². The minimum atomic E-state index is -0.837. The fourth-order valence-electron chi connectivity index (χ4n) is 3.30. The molecule has 0 saturated heterocycles. The highest BCUT2D eigenvalue weighted by Gasteiger charge is 2.23. The third-order valence-corrected chi connectivity index (χ3v) is 4.69. The largest absolute Gasteiger partial charge is 0.486 e. The van der Waals surface area contributed by atoms with Crippen molar-refractivity contribution in [2.24, 2.45) is 0 Å². The molecule has 0 spiro atoms. The Labute approximate surface area is 167 Å². The van der Waals surface area contributed by atoms with Crippen LogP contribution in [0, 0.1) is 0 Å². The quantitative estimate of drug-likeness (QED) is 0.577. The van der Waals surface area contributed by atoms with E-state index in [1.165, 1.54) is 7.11 Å². The number of benzene rings is 2. The number of para-hydroxylation sites is 1. The van der Waals surface area contributed by atoms with Crippen LogP contribution in [0.5, 0.6) is 11.5 Å². The Morgan fingerprint density at radius 2 is 1.93 bits per heavy atom. The first-order valence-corrected chi connectivity index (χ1v) is 9.24. The van der Waals surface area contributed by atoms with Gasteiger partial charge in [-0.15, -0.1) is 0 Å². The molecule has 2 heterocycles. The lowest BCUT2D eigenvalue weighted by molar-refractivity contribution is -0.142. The van der Waals surface area contributed by atoms with Crippen molar-refractivity contribution in [2.45, 2.75) is 12.5 Å². The van der Waals surface area contributed by atoms with E-state index in [9.17, 15) is 9.59 Å². The molecule has 0 saturated carbocycles. The molecule has 1 aliphatic heterocycles. The number of anilines is 1. The SMILES string of the molecule is COC(=O)[C@H](Cc1c[nH]c2ccccc12)NC(=O)Nc1ccc2c(c1)OCCO2. The zero-order valence-corrected chi connectivity index (χ0v) is 15.9. The second-order valence-electron chi connectivity index (χ2n) is 6.60. The zero-order valence-electron chi connectivity index (χ0n) is 15.9. The fraction of sp³-hybridized carbons (Fsp3) is 0.238. The molecule has 3 N–H and O–H groups in total. The van der Waals surface area contributed by atoms with Gasteiger partial charge in [0.25, 0.3) is 0 Å². The van der Waals surface area contributed by atoms with Crippen LogP contribution in [0.25, 0.3) is 10.9 Å². The molecule has 8 heteroatoms. The molecule has 0 bridgehead atoms. The number of carbonyl (C=O) groups excluding carboxylic acids is 2. The van der Waals surface area contributed by atoms with Gasteiger partial charge in [-0.1, -0.05) is 18.2 Å². The van der Waals surface area contributed by atoms with Gasteiger partial charge in [0, 0.05) is 35.3 Å². The van der Waals surface area contributed by atoms with Crippen molar-refractivity contribution < 1.29 is 23.8 Å². The van der Waals surface area contributed by atoms with E-state index in [1.807, 2.05) is 30.5 Å². The number of hydrogen-bond acceptors (Lipinski definition) is 5. The van der Waals surface area contributed by atoms with Crippen molar-refractivity contribution in [3.05, 3.63) is 54.2 Å². The first-order chi connectivity index (χ1) is 14.1. The van der Waals surface area contributed by atoms with Crippen LogP contribution < -0.4 is 20.1 Å². The van der Waals surface area contributed by atoms with Crippen molar-refractivity contribution in [1.82, 2.24) is 10.3 Å². The number of aromatic nitrogens is 1. The second kappa shape index (κ2) is 8.14. The third-order valence-electron chi connectivity index (χ3n) is 4.69. The highest BCUT2D eigenvalue weighted by Crippen LogP contribution is 2.32. The summed E-state index contributed by atoms with van der Waals surface area (Å²) in [4.78, 5) is 27.9. The molecule has 0 unspecified atom stereocenters. The van der Waals surface area contributed by atoms with Crippen LogP contribution in [0.4, 0.5) is 10.5 Å². The van der Waals surface area contributed by atoms with Gasteiger partial charge in [-0.25, -0.2) is 9.59 Å². The van der Waals surface area contributed by atoms with Gasteiger partial charge in [-0.2, -0.15) is 0 Å². The Morgan fingerprint density at radius 1 is 1.14 bits per heavy atom. The number of H-pyrrole nitrogens is 1. The summed E-state index contributed by atoms with van der Waals surface area (Å²) in [6.07, 6.45) is 2.13. The minimum absolute atomic E-state index is 0.297. The number of aromatic amines is 1. The average molecular weight is 395 g/mol. The van der Waals surface area contributed by atoms with Gasteiger partial charge in [0.15, 0.2) is 11.5 Å². The molecule has 2 amide bonds. The maximum absolute atomic E-state index is 12.5. The maximum Gasteiger partial charge on any atom is 0.328 e. The van der Waals surface area contributed by atoms with Gasteiger partial charge in [0.2, 0.25) is 0 Å². The zero-order chi connectivity index (χ0) is 20.2. The summed E-state index contributed by atoms with van der Waals surface area (Å²) in [6.45, 7) is 0.951. The number of methoxy groups -OCH3 is 1. The molecule has 4 rings (SSSR count). The van der Waals surface area contributed by atoms with Gasteiger partial charge >= 0.3 is 12.0 Å². The molecule has 8 nitrogen and oxygen atoms in total. The number of hydrogen-bond donors (Lipinski definition) is 3. The van der Waals surface area contributed by atoms with E-state index in [0.717, 1.165) is 16.5 Å². The molecule has 1 atom stereocenters. The Kier molecular flexibility index (Phi) is 5.24. The molecule has 0 aliphatic carbocycles. The molecule has 1 aromatic heterocycles. The van der Waals surface area contributed by atoms with E-state index in [2.05, 4.69) is 15.6 Å². The summed E-state index contributed by atoms with van der Waals surface area (Å²) in [5.74, 6) is 0.680. The Bertz CT molecular complexity index is 1050. The summed E-state index contributed by atoms with van der Waals surface area (Å²) in [6, 6.07) is 11.5.